The van der Waals surface area contributed by atoms with Crippen molar-refractivity contribution in [2.45, 2.75) is 26.4 Å². The summed E-state index contributed by atoms with van der Waals surface area (Å²) >= 11 is 5.11. The quantitative estimate of drug-likeness (QED) is 0.665. The number of carbonyl (C=O) groups is 1. The molecule has 2 aromatic rings. The Morgan fingerprint density at radius 1 is 1.16 bits per heavy atom. The van der Waals surface area contributed by atoms with Gasteiger partial charge in [0.2, 0.25) is 0 Å². The van der Waals surface area contributed by atoms with Gasteiger partial charge in [-0.2, -0.15) is 0 Å². The molecule has 4 nitrogen and oxygen atoms in total. The number of nitrogens with one attached hydrogen (secondary N) is 1. The van der Waals surface area contributed by atoms with Gasteiger partial charge in [-0.1, -0.05) is 44.2 Å². The molecular weight excluding hydrogens is 398 g/mol. The third-order valence-corrected chi connectivity index (χ3v) is 5.86. The van der Waals surface area contributed by atoms with Gasteiger partial charge in [-0.15, -0.1) is 11.3 Å². The third kappa shape index (κ3) is 5.83. The summed E-state index contributed by atoms with van der Waals surface area (Å²) in [5.41, 5.74) is 1.23. The van der Waals surface area contributed by atoms with Crippen LogP contribution in [-0.2, 0) is 6.54 Å². The van der Waals surface area contributed by atoms with Crippen molar-refractivity contribution in [2.75, 3.05) is 26.7 Å². The number of likely N-dealkylation sites (N-methyl/N-ethyl adjacent to an activating group) is 1. The SMILES string of the molecule is CCN(CC)C(CNC(=O)N(C)Cc1ccc(Br)s1)c1ccccc1. The molecule has 0 aliphatic carbocycles. The summed E-state index contributed by atoms with van der Waals surface area (Å²) in [5.74, 6) is 0. The van der Waals surface area contributed by atoms with E-state index in [1.54, 1.807) is 16.2 Å². The summed E-state index contributed by atoms with van der Waals surface area (Å²) in [6.07, 6.45) is 0. The molecule has 0 radical (unpaired) electrons. The average Bonchev–Trinajstić information content (AvgIpc) is 3.03. The first-order valence-corrected chi connectivity index (χ1v) is 10.2. The van der Waals surface area contributed by atoms with Gasteiger partial charge in [0.1, 0.15) is 0 Å². The first kappa shape index (κ1) is 19.9. The van der Waals surface area contributed by atoms with Crippen molar-refractivity contribution in [3.63, 3.8) is 0 Å². The molecule has 6 heteroatoms. The fraction of sp³-hybridized carbons (Fsp3) is 0.421. The van der Waals surface area contributed by atoms with Gasteiger partial charge in [-0.05, 0) is 46.7 Å². The Balaban J connectivity index is 1.98. The van der Waals surface area contributed by atoms with Crippen molar-refractivity contribution in [3.8, 4) is 0 Å². The van der Waals surface area contributed by atoms with Crippen LogP contribution in [0.5, 0.6) is 0 Å². The van der Waals surface area contributed by atoms with Crippen LogP contribution in [0.25, 0.3) is 0 Å². The molecule has 0 bridgehead atoms. The molecule has 0 aliphatic rings. The molecule has 1 N–H and O–H groups in total. The Kier molecular flexibility index (Phi) is 7.93. The van der Waals surface area contributed by atoms with E-state index in [1.165, 1.54) is 5.56 Å². The highest BCUT2D eigenvalue weighted by Crippen LogP contribution is 2.23. The van der Waals surface area contributed by atoms with Crippen molar-refractivity contribution in [1.82, 2.24) is 15.1 Å². The molecule has 136 valence electrons. The highest BCUT2D eigenvalue weighted by Gasteiger charge is 2.19. The zero-order valence-electron chi connectivity index (χ0n) is 15.0. The van der Waals surface area contributed by atoms with Gasteiger partial charge in [-0.3, -0.25) is 4.90 Å². The van der Waals surface area contributed by atoms with E-state index < -0.39 is 0 Å². The Labute approximate surface area is 163 Å². The topological polar surface area (TPSA) is 35.6 Å². The van der Waals surface area contributed by atoms with Crippen molar-refractivity contribution >= 4 is 33.3 Å². The first-order chi connectivity index (χ1) is 12.0. The van der Waals surface area contributed by atoms with Crippen molar-refractivity contribution in [2.24, 2.45) is 0 Å². The Morgan fingerprint density at radius 2 is 1.84 bits per heavy atom. The van der Waals surface area contributed by atoms with Crippen LogP contribution in [-0.4, -0.2) is 42.5 Å². The van der Waals surface area contributed by atoms with Crippen LogP contribution in [0, 0.1) is 0 Å². The zero-order valence-corrected chi connectivity index (χ0v) is 17.4. The zero-order chi connectivity index (χ0) is 18.2. The lowest BCUT2D eigenvalue weighted by Gasteiger charge is -2.31. The molecule has 0 saturated carbocycles. The van der Waals surface area contributed by atoms with Crippen LogP contribution in [0.1, 0.15) is 30.3 Å². The molecule has 2 rings (SSSR count). The number of nitrogens with zero attached hydrogens (tertiary/aromatic N) is 2. The Hall–Kier alpha value is -1.37. The van der Waals surface area contributed by atoms with Crippen LogP contribution < -0.4 is 5.32 Å². The van der Waals surface area contributed by atoms with Gasteiger partial charge >= 0.3 is 6.03 Å². The average molecular weight is 424 g/mol. The molecule has 1 atom stereocenters. The number of halogens is 1. The fourth-order valence-electron chi connectivity index (χ4n) is 2.86. The predicted molar refractivity (Wildman–Crippen MR) is 109 cm³/mol. The monoisotopic (exact) mass is 423 g/mol. The summed E-state index contributed by atoms with van der Waals surface area (Å²) in [6.45, 7) is 7.42. The molecule has 0 saturated heterocycles. The van der Waals surface area contributed by atoms with Gasteiger partial charge < -0.3 is 10.2 Å². The minimum Gasteiger partial charge on any atom is -0.336 e. The third-order valence-electron chi connectivity index (χ3n) is 4.25. The van der Waals surface area contributed by atoms with E-state index in [-0.39, 0.29) is 12.1 Å². The van der Waals surface area contributed by atoms with Gasteiger partial charge in [0.15, 0.2) is 0 Å². The molecule has 0 spiro atoms. The maximum Gasteiger partial charge on any atom is 0.317 e. The minimum atomic E-state index is -0.0439. The summed E-state index contributed by atoms with van der Waals surface area (Å²) < 4.78 is 1.09. The van der Waals surface area contributed by atoms with E-state index in [0.717, 1.165) is 21.8 Å². The lowest BCUT2D eigenvalue weighted by Crippen LogP contribution is -2.42. The smallest absolute Gasteiger partial charge is 0.317 e. The van der Waals surface area contributed by atoms with E-state index >= 15 is 0 Å². The van der Waals surface area contributed by atoms with E-state index in [4.69, 9.17) is 0 Å². The molecule has 2 amide bonds. The predicted octanol–water partition coefficient (Wildman–Crippen LogP) is 4.74. The van der Waals surface area contributed by atoms with Gasteiger partial charge in [0, 0.05) is 18.5 Å². The maximum atomic E-state index is 12.5. The number of hydrogen-bond acceptors (Lipinski definition) is 3. The minimum absolute atomic E-state index is 0.0439. The second-order valence-corrected chi connectivity index (χ2v) is 8.44. The van der Waals surface area contributed by atoms with E-state index in [0.29, 0.717) is 13.1 Å². The number of amides is 2. The number of benzene rings is 1. The number of rotatable bonds is 8. The van der Waals surface area contributed by atoms with E-state index in [1.807, 2.05) is 25.2 Å². The maximum absolute atomic E-state index is 12.5. The number of urea groups is 1. The van der Waals surface area contributed by atoms with Gasteiger partial charge in [0.25, 0.3) is 0 Å². The van der Waals surface area contributed by atoms with Crippen LogP contribution >= 0.6 is 27.3 Å². The standard InChI is InChI=1S/C19H26BrN3OS/c1-4-23(5-2)17(15-9-7-6-8-10-15)13-21-19(24)22(3)14-16-11-12-18(20)25-16/h6-12,17H,4-5,13-14H2,1-3H3,(H,21,24). The molecular formula is C19H26BrN3OS. The van der Waals surface area contributed by atoms with Crippen LogP contribution in [0.3, 0.4) is 0 Å². The van der Waals surface area contributed by atoms with E-state index in [9.17, 15) is 4.79 Å². The molecule has 25 heavy (non-hydrogen) atoms. The fourth-order valence-corrected chi connectivity index (χ4v) is 4.40. The lowest BCUT2D eigenvalue weighted by molar-refractivity contribution is 0.189. The van der Waals surface area contributed by atoms with E-state index in [2.05, 4.69) is 64.3 Å². The molecule has 0 aliphatic heterocycles. The first-order valence-electron chi connectivity index (χ1n) is 8.57. The largest absolute Gasteiger partial charge is 0.336 e. The molecule has 1 unspecified atom stereocenters. The summed E-state index contributed by atoms with van der Waals surface area (Å²) in [6, 6.07) is 14.6. The molecule has 1 aromatic heterocycles. The number of thiophene rings is 1. The number of carbonyl (C=O) groups excluding carboxylic acids is 1. The molecule has 1 aromatic carbocycles. The highest BCUT2D eigenvalue weighted by molar-refractivity contribution is 9.11. The van der Waals surface area contributed by atoms with Crippen LogP contribution in [0.15, 0.2) is 46.3 Å². The van der Waals surface area contributed by atoms with Crippen LogP contribution in [0.2, 0.25) is 0 Å². The van der Waals surface area contributed by atoms with Gasteiger partial charge in [-0.25, -0.2) is 4.79 Å². The molecule has 1 heterocycles. The Morgan fingerprint density at radius 3 is 2.40 bits per heavy atom. The summed E-state index contributed by atoms with van der Waals surface area (Å²) in [7, 11) is 1.83. The Bertz CT molecular complexity index is 658. The van der Waals surface area contributed by atoms with Crippen molar-refractivity contribution in [1.29, 1.82) is 0 Å². The normalized spacial score (nSPS) is 12.2. The van der Waals surface area contributed by atoms with Gasteiger partial charge in [0.05, 0.1) is 16.4 Å². The molecule has 0 fully saturated rings. The highest BCUT2D eigenvalue weighted by atomic mass is 79.9. The number of hydrogen-bond donors (Lipinski definition) is 1. The van der Waals surface area contributed by atoms with Crippen LogP contribution in [0.4, 0.5) is 4.79 Å². The van der Waals surface area contributed by atoms with Crippen molar-refractivity contribution in [3.05, 3.63) is 56.7 Å². The lowest BCUT2D eigenvalue weighted by atomic mass is 10.1. The summed E-state index contributed by atoms with van der Waals surface area (Å²) in [4.78, 5) is 17.7. The second kappa shape index (κ2) is 9.94. The summed E-state index contributed by atoms with van der Waals surface area (Å²) in [5, 5.41) is 3.10. The second-order valence-electron chi connectivity index (χ2n) is 5.90. The van der Waals surface area contributed by atoms with Crippen molar-refractivity contribution < 1.29 is 4.79 Å².